The van der Waals surface area contributed by atoms with Crippen molar-refractivity contribution in [1.82, 2.24) is 0 Å². The molecule has 0 spiro atoms. The van der Waals surface area contributed by atoms with Gasteiger partial charge >= 0.3 is 5.97 Å². The normalized spacial score (nSPS) is 46.9. The molecule has 0 amide bonds. The van der Waals surface area contributed by atoms with Gasteiger partial charge < -0.3 is 4.74 Å². The Labute approximate surface area is 117 Å². The monoisotopic (exact) mass is 264 g/mol. The van der Waals surface area contributed by atoms with Crippen molar-refractivity contribution in [3.8, 4) is 0 Å². The number of ether oxygens (including phenoxy) is 1. The van der Waals surface area contributed by atoms with Crippen LogP contribution in [0.25, 0.3) is 0 Å². The third kappa shape index (κ3) is 1.86. The van der Waals surface area contributed by atoms with E-state index in [1.54, 1.807) is 0 Å². The molecule has 3 fully saturated rings. The first-order chi connectivity index (χ1) is 8.86. The Balaban J connectivity index is 1.90. The molecule has 4 bridgehead atoms. The molecule has 3 aliphatic carbocycles. The van der Waals surface area contributed by atoms with Gasteiger partial charge in [-0.1, -0.05) is 27.2 Å². The minimum absolute atomic E-state index is 0.113. The van der Waals surface area contributed by atoms with Crippen molar-refractivity contribution in [2.24, 2.45) is 34.5 Å². The van der Waals surface area contributed by atoms with Crippen molar-refractivity contribution in [2.75, 3.05) is 6.61 Å². The van der Waals surface area contributed by atoms with E-state index in [1.165, 1.54) is 39.0 Å². The molecule has 3 rings (SSSR count). The zero-order chi connectivity index (χ0) is 13.8. The first kappa shape index (κ1) is 13.5. The van der Waals surface area contributed by atoms with Crippen LogP contribution in [0.4, 0.5) is 0 Å². The summed E-state index contributed by atoms with van der Waals surface area (Å²) in [4.78, 5) is 11.2. The SMILES string of the molecule is CC(=O)OC[C@@H]1[C@H]2CC[C@@H]3[C@H]2C(C)(C)CCC[C@]13C. The maximum atomic E-state index is 11.2. The molecule has 0 aliphatic heterocycles. The Bertz CT molecular complexity index is 387. The maximum absolute atomic E-state index is 11.2. The zero-order valence-corrected chi connectivity index (χ0v) is 12.9. The van der Waals surface area contributed by atoms with Crippen molar-refractivity contribution >= 4 is 5.97 Å². The molecule has 0 aromatic rings. The average Bonchev–Trinajstić information content (AvgIpc) is 2.78. The summed E-state index contributed by atoms with van der Waals surface area (Å²) in [6.07, 6.45) is 6.83. The van der Waals surface area contributed by atoms with E-state index in [-0.39, 0.29) is 5.97 Å². The molecule has 0 radical (unpaired) electrons. The van der Waals surface area contributed by atoms with E-state index in [0.29, 0.717) is 23.4 Å². The Morgan fingerprint density at radius 3 is 2.63 bits per heavy atom. The van der Waals surface area contributed by atoms with E-state index in [4.69, 9.17) is 4.74 Å². The summed E-state index contributed by atoms with van der Waals surface area (Å²) in [5.74, 6) is 3.03. The van der Waals surface area contributed by atoms with Crippen LogP contribution in [-0.2, 0) is 9.53 Å². The molecule has 19 heavy (non-hydrogen) atoms. The van der Waals surface area contributed by atoms with Crippen LogP contribution in [0, 0.1) is 34.5 Å². The summed E-state index contributed by atoms with van der Waals surface area (Å²) >= 11 is 0. The van der Waals surface area contributed by atoms with Gasteiger partial charge in [0.05, 0.1) is 6.61 Å². The van der Waals surface area contributed by atoms with Crippen LogP contribution >= 0.6 is 0 Å². The number of hydrogen-bond acceptors (Lipinski definition) is 2. The summed E-state index contributed by atoms with van der Waals surface area (Å²) in [6.45, 7) is 9.64. The lowest BCUT2D eigenvalue weighted by molar-refractivity contribution is -0.144. The predicted octanol–water partition coefficient (Wildman–Crippen LogP) is 4.04. The molecule has 3 aliphatic rings. The number of esters is 1. The minimum Gasteiger partial charge on any atom is -0.466 e. The number of hydrogen-bond donors (Lipinski definition) is 0. The third-order valence-electron chi connectivity index (χ3n) is 6.82. The minimum atomic E-state index is -0.113. The molecule has 2 nitrogen and oxygen atoms in total. The van der Waals surface area contributed by atoms with Gasteiger partial charge in [-0.05, 0) is 54.3 Å². The lowest BCUT2D eigenvalue weighted by atomic mass is 9.65. The average molecular weight is 264 g/mol. The number of carbonyl (C=O) groups is 1. The summed E-state index contributed by atoms with van der Waals surface area (Å²) in [6, 6.07) is 0. The van der Waals surface area contributed by atoms with Gasteiger partial charge in [-0.2, -0.15) is 0 Å². The van der Waals surface area contributed by atoms with E-state index < -0.39 is 0 Å². The largest absolute Gasteiger partial charge is 0.466 e. The fraction of sp³-hybridized carbons (Fsp3) is 0.941. The van der Waals surface area contributed by atoms with E-state index in [1.807, 2.05) is 0 Å². The molecule has 108 valence electrons. The highest BCUT2D eigenvalue weighted by molar-refractivity contribution is 5.65. The van der Waals surface area contributed by atoms with Gasteiger partial charge in [0.1, 0.15) is 0 Å². The third-order valence-corrected chi connectivity index (χ3v) is 6.82. The zero-order valence-electron chi connectivity index (χ0n) is 12.9. The van der Waals surface area contributed by atoms with E-state index >= 15 is 0 Å². The molecule has 0 aromatic heterocycles. The standard InChI is InChI=1S/C17H28O2/c1-11(18)19-10-14-12-6-7-13-15(12)16(2,3)8-5-9-17(13,14)4/h12-15H,5-10H2,1-4H3/t12-,13-,14-,15+,17+/m1/s1. The quantitative estimate of drug-likeness (QED) is 0.704. The summed E-state index contributed by atoms with van der Waals surface area (Å²) in [7, 11) is 0. The predicted molar refractivity (Wildman–Crippen MR) is 75.6 cm³/mol. The molecule has 0 heterocycles. The van der Waals surface area contributed by atoms with E-state index in [9.17, 15) is 4.79 Å². The van der Waals surface area contributed by atoms with Gasteiger partial charge in [-0.25, -0.2) is 0 Å². The lowest BCUT2D eigenvalue weighted by Gasteiger charge is -2.41. The highest BCUT2D eigenvalue weighted by atomic mass is 16.5. The number of carbonyl (C=O) groups excluding carboxylic acids is 1. The van der Waals surface area contributed by atoms with Gasteiger partial charge in [-0.3, -0.25) is 4.79 Å². The van der Waals surface area contributed by atoms with Gasteiger partial charge in [0.25, 0.3) is 0 Å². The second-order valence-corrected chi connectivity index (χ2v) is 8.13. The molecule has 2 heteroatoms. The molecular formula is C17H28O2. The van der Waals surface area contributed by atoms with Gasteiger partial charge in [0.2, 0.25) is 0 Å². The van der Waals surface area contributed by atoms with Gasteiger partial charge in [-0.15, -0.1) is 0 Å². The molecule has 5 atom stereocenters. The second kappa shape index (κ2) is 4.23. The van der Waals surface area contributed by atoms with Crippen molar-refractivity contribution in [3.63, 3.8) is 0 Å². The summed E-state index contributed by atoms with van der Waals surface area (Å²) in [5, 5.41) is 0. The van der Waals surface area contributed by atoms with Gasteiger partial charge in [0, 0.05) is 12.8 Å². The Morgan fingerprint density at radius 2 is 1.95 bits per heavy atom. The fourth-order valence-electron chi connectivity index (χ4n) is 6.09. The first-order valence-corrected chi connectivity index (χ1v) is 7.99. The Hall–Kier alpha value is -0.530. The van der Waals surface area contributed by atoms with E-state index in [0.717, 1.165) is 17.8 Å². The van der Waals surface area contributed by atoms with Crippen molar-refractivity contribution in [2.45, 2.75) is 59.8 Å². The molecule has 3 saturated carbocycles. The van der Waals surface area contributed by atoms with Crippen molar-refractivity contribution < 1.29 is 9.53 Å². The maximum Gasteiger partial charge on any atom is 0.302 e. The molecule has 0 N–H and O–H groups in total. The topological polar surface area (TPSA) is 26.3 Å². The smallest absolute Gasteiger partial charge is 0.302 e. The highest BCUT2D eigenvalue weighted by Gasteiger charge is 2.64. The molecule has 0 saturated heterocycles. The van der Waals surface area contributed by atoms with Crippen LogP contribution in [0.2, 0.25) is 0 Å². The fourth-order valence-corrected chi connectivity index (χ4v) is 6.09. The Morgan fingerprint density at radius 1 is 1.21 bits per heavy atom. The Kier molecular flexibility index (Phi) is 3.00. The van der Waals surface area contributed by atoms with E-state index in [2.05, 4.69) is 20.8 Å². The first-order valence-electron chi connectivity index (χ1n) is 7.99. The molecule has 0 aromatic carbocycles. The van der Waals surface area contributed by atoms with Crippen LogP contribution in [0.3, 0.4) is 0 Å². The van der Waals surface area contributed by atoms with Crippen LogP contribution in [0.5, 0.6) is 0 Å². The second-order valence-electron chi connectivity index (χ2n) is 8.13. The summed E-state index contributed by atoms with van der Waals surface area (Å²) < 4.78 is 5.42. The van der Waals surface area contributed by atoms with Crippen LogP contribution < -0.4 is 0 Å². The van der Waals surface area contributed by atoms with Crippen molar-refractivity contribution in [3.05, 3.63) is 0 Å². The highest BCUT2D eigenvalue weighted by Crippen LogP contribution is 2.70. The van der Waals surface area contributed by atoms with Crippen LogP contribution in [-0.4, -0.2) is 12.6 Å². The molecule has 0 unspecified atom stereocenters. The lowest BCUT2D eigenvalue weighted by Crippen LogP contribution is -2.37. The molecular weight excluding hydrogens is 236 g/mol. The number of rotatable bonds is 2. The summed E-state index contributed by atoms with van der Waals surface area (Å²) in [5.41, 5.74) is 0.908. The van der Waals surface area contributed by atoms with Gasteiger partial charge in [0.15, 0.2) is 0 Å². The van der Waals surface area contributed by atoms with Crippen LogP contribution in [0.15, 0.2) is 0 Å². The van der Waals surface area contributed by atoms with Crippen molar-refractivity contribution in [1.29, 1.82) is 0 Å². The van der Waals surface area contributed by atoms with Crippen LogP contribution in [0.1, 0.15) is 59.8 Å².